The Labute approximate surface area is 113 Å². The van der Waals surface area contributed by atoms with Gasteiger partial charge in [0.05, 0.1) is 6.61 Å². The molecule has 0 spiro atoms. The van der Waals surface area contributed by atoms with Crippen molar-refractivity contribution in [3.63, 3.8) is 0 Å². The van der Waals surface area contributed by atoms with Crippen LogP contribution in [0.25, 0.3) is 0 Å². The van der Waals surface area contributed by atoms with Crippen molar-refractivity contribution in [3.8, 4) is 0 Å². The molecular formula is C13H20ClNOS. The normalized spacial score (nSPS) is 12.5. The first kappa shape index (κ1) is 14.7. The lowest BCUT2D eigenvalue weighted by atomic mass is 10.1. The molecule has 1 atom stereocenters. The van der Waals surface area contributed by atoms with Crippen LogP contribution in [0.1, 0.15) is 18.9 Å². The number of hydrogen-bond acceptors (Lipinski definition) is 3. The van der Waals surface area contributed by atoms with Crippen LogP contribution in [0.3, 0.4) is 0 Å². The summed E-state index contributed by atoms with van der Waals surface area (Å²) >= 11 is 7.95. The van der Waals surface area contributed by atoms with E-state index in [1.807, 2.05) is 30.0 Å². The van der Waals surface area contributed by atoms with E-state index in [0.717, 1.165) is 23.4 Å². The lowest BCUT2D eigenvalue weighted by molar-refractivity contribution is 0.282. The van der Waals surface area contributed by atoms with Crippen LogP contribution in [0.15, 0.2) is 18.2 Å². The Morgan fingerprint density at radius 3 is 2.76 bits per heavy atom. The molecule has 0 amide bonds. The average Bonchev–Trinajstić information content (AvgIpc) is 2.34. The van der Waals surface area contributed by atoms with Gasteiger partial charge < -0.3 is 10.0 Å². The molecule has 0 fully saturated rings. The number of aliphatic hydroxyl groups excluding tert-OH is 1. The van der Waals surface area contributed by atoms with Crippen LogP contribution >= 0.6 is 23.4 Å². The number of benzene rings is 1. The molecule has 1 rings (SSSR count). The van der Waals surface area contributed by atoms with E-state index in [1.165, 1.54) is 0 Å². The molecule has 1 N–H and O–H groups in total. The highest BCUT2D eigenvalue weighted by molar-refractivity contribution is 7.98. The summed E-state index contributed by atoms with van der Waals surface area (Å²) in [7, 11) is 2.05. The van der Waals surface area contributed by atoms with Crippen LogP contribution in [-0.2, 0) is 6.61 Å². The highest BCUT2D eigenvalue weighted by atomic mass is 35.5. The van der Waals surface area contributed by atoms with Crippen LogP contribution < -0.4 is 4.90 Å². The fraction of sp³-hybridized carbons (Fsp3) is 0.538. The predicted octanol–water partition coefficient (Wildman–Crippen LogP) is 3.41. The van der Waals surface area contributed by atoms with E-state index in [-0.39, 0.29) is 6.61 Å². The number of nitrogens with zero attached hydrogens (tertiary/aromatic N) is 1. The van der Waals surface area contributed by atoms with E-state index in [0.29, 0.717) is 11.1 Å². The highest BCUT2D eigenvalue weighted by Crippen LogP contribution is 2.28. The molecular weight excluding hydrogens is 254 g/mol. The van der Waals surface area contributed by atoms with Gasteiger partial charge in [0.1, 0.15) is 0 Å². The molecule has 1 aromatic carbocycles. The first-order valence-corrected chi connectivity index (χ1v) is 7.49. The van der Waals surface area contributed by atoms with E-state index in [4.69, 9.17) is 11.6 Å². The molecule has 0 aliphatic rings. The molecule has 1 unspecified atom stereocenters. The number of aliphatic hydroxyl groups is 1. The third-order valence-electron chi connectivity index (χ3n) is 3.03. The van der Waals surface area contributed by atoms with Crippen LogP contribution in [0, 0.1) is 0 Å². The zero-order chi connectivity index (χ0) is 12.8. The van der Waals surface area contributed by atoms with Crippen molar-refractivity contribution in [2.24, 2.45) is 0 Å². The Morgan fingerprint density at radius 2 is 2.18 bits per heavy atom. The maximum Gasteiger partial charge on any atom is 0.0716 e. The topological polar surface area (TPSA) is 23.5 Å². The van der Waals surface area contributed by atoms with Gasteiger partial charge in [0.15, 0.2) is 0 Å². The summed E-state index contributed by atoms with van der Waals surface area (Å²) in [6, 6.07) is 6.18. The molecule has 0 bridgehead atoms. The summed E-state index contributed by atoms with van der Waals surface area (Å²) < 4.78 is 0. The van der Waals surface area contributed by atoms with E-state index in [1.54, 1.807) is 0 Å². The zero-order valence-electron chi connectivity index (χ0n) is 10.6. The highest BCUT2D eigenvalue weighted by Gasteiger charge is 2.14. The van der Waals surface area contributed by atoms with Gasteiger partial charge in [0.2, 0.25) is 0 Å². The number of halogens is 1. The van der Waals surface area contributed by atoms with Crippen molar-refractivity contribution < 1.29 is 5.11 Å². The number of rotatable bonds is 6. The maximum absolute atomic E-state index is 9.39. The lowest BCUT2D eigenvalue weighted by Crippen LogP contribution is -2.30. The van der Waals surface area contributed by atoms with Crippen molar-refractivity contribution in [2.45, 2.75) is 26.0 Å². The second kappa shape index (κ2) is 7.14. The SMILES string of the molecule is CSCCC(C)N(C)c1cccc(Cl)c1CO. The molecule has 4 heteroatoms. The second-order valence-corrected chi connectivity index (χ2v) is 5.53. The molecule has 0 radical (unpaired) electrons. The van der Waals surface area contributed by atoms with Crippen LogP contribution in [0.2, 0.25) is 5.02 Å². The first-order chi connectivity index (χ1) is 8.11. The molecule has 17 heavy (non-hydrogen) atoms. The smallest absolute Gasteiger partial charge is 0.0716 e. The van der Waals surface area contributed by atoms with Crippen molar-refractivity contribution in [1.29, 1.82) is 0 Å². The Kier molecular flexibility index (Phi) is 6.17. The van der Waals surface area contributed by atoms with Gasteiger partial charge >= 0.3 is 0 Å². The van der Waals surface area contributed by atoms with Gasteiger partial charge in [-0.25, -0.2) is 0 Å². The van der Waals surface area contributed by atoms with Crippen molar-refractivity contribution >= 4 is 29.1 Å². The number of hydrogen-bond donors (Lipinski definition) is 1. The van der Waals surface area contributed by atoms with Crippen LogP contribution in [-0.4, -0.2) is 30.2 Å². The number of thioether (sulfide) groups is 1. The van der Waals surface area contributed by atoms with Crippen molar-refractivity contribution in [2.75, 3.05) is 24.0 Å². The summed E-state index contributed by atoms with van der Waals surface area (Å²) in [4.78, 5) is 2.19. The summed E-state index contributed by atoms with van der Waals surface area (Å²) in [5, 5.41) is 10.0. The van der Waals surface area contributed by atoms with E-state index in [9.17, 15) is 5.11 Å². The molecule has 0 aliphatic carbocycles. The largest absolute Gasteiger partial charge is 0.392 e. The van der Waals surface area contributed by atoms with Gasteiger partial charge in [0, 0.05) is 29.4 Å². The third kappa shape index (κ3) is 3.80. The Hall–Kier alpha value is -0.380. The van der Waals surface area contributed by atoms with Gasteiger partial charge in [-0.05, 0) is 37.5 Å². The van der Waals surface area contributed by atoms with Crippen molar-refractivity contribution in [3.05, 3.63) is 28.8 Å². The minimum absolute atomic E-state index is 0.0193. The molecule has 0 saturated carbocycles. The van der Waals surface area contributed by atoms with E-state index < -0.39 is 0 Å². The van der Waals surface area contributed by atoms with Gasteiger partial charge in [-0.1, -0.05) is 17.7 Å². The van der Waals surface area contributed by atoms with Gasteiger partial charge in [-0.2, -0.15) is 11.8 Å². The monoisotopic (exact) mass is 273 g/mol. The van der Waals surface area contributed by atoms with Crippen LogP contribution in [0.4, 0.5) is 5.69 Å². The minimum Gasteiger partial charge on any atom is -0.392 e. The van der Waals surface area contributed by atoms with Crippen molar-refractivity contribution in [1.82, 2.24) is 0 Å². The fourth-order valence-electron chi connectivity index (χ4n) is 1.75. The van der Waals surface area contributed by atoms with Crippen LogP contribution in [0.5, 0.6) is 0 Å². The third-order valence-corrected chi connectivity index (χ3v) is 4.03. The van der Waals surface area contributed by atoms with E-state index in [2.05, 4.69) is 25.1 Å². The molecule has 0 aliphatic heterocycles. The maximum atomic E-state index is 9.39. The molecule has 2 nitrogen and oxygen atoms in total. The summed E-state index contributed by atoms with van der Waals surface area (Å²) in [5.41, 5.74) is 1.83. The van der Waals surface area contributed by atoms with Gasteiger partial charge in [0.25, 0.3) is 0 Å². The van der Waals surface area contributed by atoms with Gasteiger partial charge in [-0.3, -0.25) is 0 Å². The first-order valence-electron chi connectivity index (χ1n) is 5.71. The molecule has 0 heterocycles. The Balaban J connectivity index is 2.87. The van der Waals surface area contributed by atoms with Gasteiger partial charge in [-0.15, -0.1) is 0 Å². The molecule has 0 aromatic heterocycles. The lowest BCUT2D eigenvalue weighted by Gasteiger charge is -2.29. The Bertz CT molecular complexity index is 359. The minimum atomic E-state index is -0.0193. The van der Waals surface area contributed by atoms with E-state index >= 15 is 0 Å². The number of anilines is 1. The molecule has 0 saturated heterocycles. The molecule has 96 valence electrons. The second-order valence-electron chi connectivity index (χ2n) is 4.14. The average molecular weight is 274 g/mol. The standard InChI is InChI=1S/C13H20ClNOS/c1-10(7-8-17-3)15(2)13-6-4-5-12(14)11(13)9-16/h4-6,10,16H,7-9H2,1-3H3. The molecule has 1 aromatic rings. The quantitative estimate of drug-likeness (QED) is 0.859. The summed E-state index contributed by atoms with van der Waals surface area (Å²) in [5.74, 6) is 1.14. The fourth-order valence-corrected chi connectivity index (χ4v) is 2.56. The Morgan fingerprint density at radius 1 is 1.47 bits per heavy atom. The predicted molar refractivity (Wildman–Crippen MR) is 78.2 cm³/mol. The summed E-state index contributed by atoms with van der Waals surface area (Å²) in [6.07, 6.45) is 3.24. The summed E-state index contributed by atoms with van der Waals surface area (Å²) in [6.45, 7) is 2.17. The zero-order valence-corrected chi connectivity index (χ0v) is 12.2.